The third-order valence-corrected chi connectivity index (χ3v) is 4.29. The number of carbonyl (C=O) groups is 2. The summed E-state index contributed by atoms with van der Waals surface area (Å²) in [6, 6.07) is 0.935. The summed E-state index contributed by atoms with van der Waals surface area (Å²) in [5, 5.41) is 8.94. The van der Waals surface area contributed by atoms with E-state index in [0.717, 1.165) is 4.90 Å². The van der Waals surface area contributed by atoms with E-state index < -0.39 is 47.7 Å². The van der Waals surface area contributed by atoms with Crippen molar-refractivity contribution in [1.82, 2.24) is 14.5 Å². The van der Waals surface area contributed by atoms with Crippen LogP contribution in [-0.2, 0) is 36.8 Å². The fourth-order valence-electron chi connectivity index (χ4n) is 2.85. The second kappa shape index (κ2) is 7.54. The minimum Gasteiger partial charge on any atom is -0.476 e. The number of carbonyl (C=O) groups excluding carboxylic acids is 1. The Labute approximate surface area is 164 Å². The summed E-state index contributed by atoms with van der Waals surface area (Å²) in [6.45, 7) is -0.635. The van der Waals surface area contributed by atoms with Gasteiger partial charge in [-0.2, -0.15) is 26.3 Å². The van der Waals surface area contributed by atoms with Gasteiger partial charge in [-0.15, -0.1) is 0 Å². The zero-order chi connectivity index (χ0) is 22.3. The zero-order valence-corrected chi connectivity index (χ0v) is 14.9. The Balaban J connectivity index is 1.72. The second-order valence-corrected chi connectivity index (χ2v) is 6.43. The van der Waals surface area contributed by atoms with E-state index in [1.165, 1.54) is 10.8 Å². The molecule has 30 heavy (non-hydrogen) atoms. The Hall–Kier alpha value is -3.25. The van der Waals surface area contributed by atoms with Gasteiger partial charge in [0, 0.05) is 19.3 Å². The maximum atomic E-state index is 12.9. The molecule has 0 atom stereocenters. The van der Waals surface area contributed by atoms with Crippen LogP contribution in [-0.4, -0.2) is 38.2 Å². The topological polar surface area (TPSA) is 84.7 Å². The van der Waals surface area contributed by atoms with Crippen molar-refractivity contribution in [3.8, 4) is 0 Å². The van der Waals surface area contributed by atoms with Crippen LogP contribution in [0.5, 0.6) is 0 Å². The Kier molecular flexibility index (Phi) is 5.39. The molecular weight excluding hydrogens is 424 g/mol. The van der Waals surface area contributed by atoms with Crippen LogP contribution in [0.15, 0.2) is 24.4 Å². The van der Waals surface area contributed by atoms with Gasteiger partial charge in [-0.3, -0.25) is 4.90 Å². The quantitative estimate of drug-likeness (QED) is 0.740. The molecule has 0 saturated heterocycles. The van der Waals surface area contributed by atoms with Crippen molar-refractivity contribution in [2.24, 2.45) is 0 Å². The molecule has 0 fully saturated rings. The third-order valence-electron chi connectivity index (χ3n) is 4.29. The normalized spacial score (nSPS) is 14.4. The van der Waals surface area contributed by atoms with E-state index in [-0.39, 0.29) is 37.2 Å². The summed E-state index contributed by atoms with van der Waals surface area (Å²) in [5.41, 5.74) is -3.71. The smallest absolute Gasteiger partial charge is 0.416 e. The molecule has 13 heteroatoms. The number of hydrogen-bond acceptors (Lipinski definition) is 4. The standard InChI is InChI=1S/C17H13F6N3O4/c18-16(19,20)10-3-9(4-11(5-10)17(21,22)23)8-30-15(29)26-2-1-25-6-12(14(27)28)24-13(25)7-26/h3-6H,1-2,7-8H2,(H,27,28). The van der Waals surface area contributed by atoms with E-state index in [1.807, 2.05) is 0 Å². The van der Waals surface area contributed by atoms with E-state index in [2.05, 4.69) is 4.98 Å². The lowest BCUT2D eigenvalue weighted by Gasteiger charge is -2.27. The lowest BCUT2D eigenvalue weighted by molar-refractivity contribution is -0.143. The molecule has 0 unspecified atom stereocenters. The molecule has 2 aromatic rings. The molecule has 0 bridgehead atoms. The highest BCUT2D eigenvalue weighted by atomic mass is 19.4. The van der Waals surface area contributed by atoms with E-state index in [1.54, 1.807) is 0 Å². The summed E-state index contributed by atoms with van der Waals surface area (Å²) in [6.07, 6.45) is -9.70. The molecule has 0 spiro atoms. The van der Waals surface area contributed by atoms with Crippen molar-refractivity contribution >= 4 is 12.1 Å². The maximum absolute atomic E-state index is 12.9. The van der Waals surface area contributed by atoms with Gasteiger partial charge in [0.15, 0.2) is 5.69 Å². The summed E-state index contributed by atoms with van der Waals surface area (Å²) in [5.74, 6) is -0.995. The Morgan fingerprint density at radius 2 is 1.63 bits per heavy atom. The average molecular weight is 437 g/mol. The van der Waals surface area contributed by atoms with Crippen LogP contribution < -0.4 is 0 Å². The van der Waals surface area contributed by atoms with Crippen LogP contribution in [0.25, 0.3) is 0 Å². The molecular formula is C17H13F6N3O4. The van der Waals surface area contributed by atoms with E-state index in [4.69, 9.17) is 9.84 Å². The van der Waals surface area contributed by atoms with E-state index in [0.29, 0.717) is 12.1 Å². The van der Waals surface area contributed by atoms with Crippen LogP contribution >= 0.6 is 0 Å². The highest BCUT2D eigenvalue weighted by molar-refractivity contribution is 5.85. The molecule has 1 aliphatic rings. The SMILES string of the molecule is O=C(O)c1cn2c(n1)CN(C(=O)OCc1cc(C(F)(F)F)cc(C(F)(F)F)c1)CC2. The summed E-state index contributed by atoms with van der Waals surface area (Å²) >= 11 is 0. The summed E-state index contributed by atoms with van der Waals surface area (Å²) in [4.78, 5) is 28.1. The first-order valence-corrected chi connectivity index (χ1v) is 8.34. The fourth-order valence-corrected chi connectivity index (χ4v) is 2.85. The predicted molar refractivity (Wildman–Crippen MR) is 86.2 cm³/mol. The van der Waals surface area contributed by atoms with E-state index in [9.17, 15) is 35.9 Å². The monoisotopic (exact) mass is 437 g/mol. The highest BCUT2D eigenvalue weighted by Gasteiger charge is 2.37. The van der Waals surface area contributed by atoms with Crippen molar-refractivity contribution < 1.29 is 45.8 Å². The van der Waals surface area contributed by atoms with E-state index >= 15 is 0 Å². The maximum Gasteiger partial charge on any atom is 0.416 e. The predicted octanol–water partition coefficient (Wildman–Crippen LogP) is 3.77. The number of amides is 1. The van der Waals surface area contributed by atoms with Gasteiger partial charge in [0.25, 0.3) is 0 Å². The van der Waals surface area contributed by atoms with Gasteiger partial charge in [0.2, 0.25) is 0 Å². The van der Waals surface area contributed by atoms with Crippen molar-refractivity contribution in [2.75, 3.05) is 6.54 Å². The van der Waals surface area contributed by atoms with Crippen LogP contribution in [0.4, 0.5) is 31.1 Å². The molecule has 3 rings (SSSR count). The second-order valence-electron chi connectivity index (χ2n) is 6.43. The minimum absolute atomic E-state index is 0.0180. The van der Waals surface area contributed by atoms with Gasteiger partial charge in [-0.1, -0.05) is 0 Å². The molecule has 1 aromatic heterocycles. The minimum atomic E-state index is -5.01. The first-order valence-electron chi connectivity index (χ1n) is 8.34. The van der Waals surface area contributed by atoms with Crippen LogP contribution in [0.1, 0.15) is 33.0 Å². The lowest BCUT2D eigenvalue weighted by Crippen LogP contribution is -2.38. The highest BCUT2D eigenvalue weighted by Crippen LogP contribution is 2.36. The number of aromatic carboxylic acids is 1. The number of aromatic nitrogens is 2. The van der Waals surface area contributed by atoms with Gasteiger partial charge >= 0.3 is 24.4 Å². The van der Waals surface area contributed by atoms with Crippen LogP contribution in [0.2, 0.25) is 0 Å². The Morgan fingerprint density at radius 3 is 2.17 bits per heavy atom. The lowest BCUT2D eigenvalue weighted by atomic mass is 10.1. The van der Waals surface area contributed by atoms with Crippen molar-refractivity contribution in [1.29, 1.82) is 0 Å². The number of ether oxygens (including phenoxy) is 1. The molecule has 7 nitrogen and oxygen atoms in total. The first kappa shape index (κ1) is 21.5. The molecule has 0 radical (unpaired) electrons. The third kappa shape index (κ3) is 4.66. The van der Waals surface area contributed by atoms with Gasteiger partial charge in [0.05, 0.1) is 17.7 Å². The number of fused-ring (bicyclic) bond motifs is 1. The number of carboxylic acid groups (broad SMARTS) is 1. The fraction of sp³-hybridized carbons (Fsp3) is 0.353. The molecule has 1 amide bonds. The number of carboxylic acids is 1. The molecule has 1 aliphatic heterocycles. The molecule has 1 N–H and O–H groups in total. The number of halogens is 6. The van der Waals surface area contributed by atoms with Gasteiger partial charge in [0.1, 0.15) is 12.4 Å². The van der Waals surface area contributed by atoms with Crippen molar-refractivity contribution in [3.05, 3.63) is 52.6 Å². The van der Waals surface area contributed by atoms with Gasteiger partial charge in [-0.25, -0.2) is 14.6 Å². The van der Waals surface area contributed by atoms with Gasteiger partial charge in [-0.05, 0) is 23.8 Å². The number of hydrogen-bond donors (Lipinski definition) is 1. The molecule has 0 aliphatic carbocycles. The largest absolute Gasteiger partial charge is 0.476 e. The number of benzene rings is 1. The zero-order valence-electron chi connectivity index (χ0n) is 14.9. The molecule has 1 aromatic carbocycles. The number of rotatable bonds is 3. The number of nitrogens with zero attached hydrogens (tertiary/aromatic N) is 3. The summed E-state index contributed by atoms with van der Waals surface area (Å²) in [7, 11) is 0. The van der Waals surface area contributed by atoms with Crippen molar-refractivity contribution in [2.45, 2.75) is 32.0 Å². The number of imidazole rings is 1. The van der Waals surface area contributed by atoms with Crippen LogP contribution in [0, 0.1) is 0 Å². The number of alkyl halides is 6. The Morgan fingerprint density at radius 1 is 1.03 bits per heavy atom. The average Bonchev–Trinajstić information content (AvgIpc) is 3.08. The molecule has 162 valence electrons. The summed E-state index contributed by atoms with van der Waals surface area (Å²) < 4.78 is 83.7. The van der Waals surface area contributed by atoms with Crippen LogP contribution in [0.3, 0.4) is 0 Å². The molecule has 2 heterocycles. The van der Waals surface area contributed by atoms with Gasteiger partial charge < -0.3 is 14.4 Å². The first-order chi connectivity index (χ1) is 13.8. The van der Waals surface area contributed by atoms with Crippen molar-refractivity contribution in [3.63, 3.8) is 0 Å². The Bertz CT molecular complexity index is 951. The molecule has 0 saturated carbocycles.